The molecule has 1 aliphatic rings. The largest absolute Gasteiger partial charge is 0.394 e. The third kappa shape index (κ3) is 28.7. The van der Waals surface area contributed by atoms with Crippen LogP contribution in [0.5, 0.6) is 0 Å². The van der Waals surface area contributed by atoms with Crippen molar-refractivity contribution >= 4 is 5.91 Å². The molecule has 0 radical (unpaired) electrons. The van der Waals surface area contributed by atoms with E-state index in [1.807, 2.05) is 0 Å². The molecule has 9 atom stereocenters. The van der Waals surface area contributed by atoms with Crippen LogP contribution < -0.4 is 5.32 Å². The van der Waals surface area contributed by atoms with Crippen molar-refractivity contribution in [3.63, 3.8) is 0 Å². The van der Waals surface area contributed by atoms with Crippen LogP contribution in [0.15, 0.2) is 0 Å². The van der Waals surface area contributed by atoms with E-state index in [0.29, 0.717) is 19.3 Å². The minimum Gasteiger partial charge on any atom is -0.394 e. The average molecular weight is 860 g/mol. The molecule has 0 aromatic heterocycles. The van der Waals surface area contributed by atoms with Crippen molar-refractivity contribution in [2.45, 2.75) is 294 Å². The summed E-state index contributed by atoms with van der Waals surface area (Å²) in [6, 6.07) is -1.16. The smallest absolute Gasteiger partial charge is 0.249 e. The summed E-state index contributed by atoms with van der Waals surface area (Å²) in [4.78, 5) is 13.1. The normalized spacial score (nSPS) is 21.5. The Hall–Kier alpha value is -0.890. The van der Waals surface area contributed by atoms with Crippen LogP contribution in [0.2, 0.25) is 0 Å². The average Bonchev–Trinajstić information content (AvgIpc) is 3.25. The molecule has 11 heteroatoms. The van der Waals surface area contributed by atoms with Crippen molar-refractivity contribution in [1.82, 2.24) is 5.32 Å². The molecule has 0 aromatic rings. The number of unbranched alkanes of at least 4 members (excludes halogenated alkanes) is 31. The highest BCUT2D eigenvalue weighted by Crippen LogP contribution is 2.23. The fourth-order valence-corrected chi connectivity index (χ4v) is 8.44. The maximum Gasteiger partial charge on any atom is 0.249 e. The van der Waals surface area contributed by atoms with Gasteiger partial charge in [-0.25, -0.2) is 0 Å². The fraction of sp³-hybridized carbons (Fsp3) is 0.980. The third-order valence-corrected chi connectivity index (χ3v) is 12.7. The Balaban J connectivity index is 2.34. The number of aliphatic hydroxyl groups excluding tert-OH is 7. The number of ether oxygens (including phenoxy) is 2. The Kier molecular flexibility index (Phi) is 37.8. The zero-order valence-electron chi connectivity index (χ0n) is 38.7. The standard InChI is InChI=1S/C49H97NO10/c1-3-5-7-9-11-13-15-17-18-19-20-21-22-23-24-25-27-29-31-33-35-37-42(53)48(58)50-40(39-59-49-47(57)46(56)45(55)43(38-51)60-49)44(54)41(52)36-34-32-30-28-26-16-14-12-10-8-6-4-2/h40-47,49,51-57H,3-39H2,1-2H3,(H,50,58). The molecule has 11 nitrogen and oxygen atoms in total. The molecule has 60 heavy (non-hydrogen) atoms. The van der Waals surface area contributed by atoms with Gasteiger partial charge in [0.2, 0.25) is 5.91 Å². The van der Waals surface area contributed by atoms with Gasteiger partial charge in [-0.2, -0.15) is 0 Å². The summed E-state index contributed by atoms with van der Waals surface area (Å²) < 4.78 is 11.1. The number of carbonyl (C=O) groups is 1. The van der Waals surface area contributed by atoms with Crippen molar-refractivity contribution in [3.05, 3.63) is 0 Å². The van der Waals surface area contributed by atoms with Gasteiger partial charge in [-0.15, -0.1) is 0 Å². The van der Waals surface area contributed by atoms with Gasteiger partial charge in [0, 0.05) is 0 Å². The van der Waals surface area contributed by atoms with Gasteiger partial charge < -0.3 is 50.5 Å². The molecule has 1 heterocycles. The summed E-state index contributed by atoms with van der Waals surface area (Å²) in [5, 5.41) is 75.8. The van der Waals surface area contributed by atoms with E-state index in [4.69, 9.17) is 9.47 Å². The van der Waals surface area contributed by atoms with Crippen LogP contribution in [0, 0.1) is 0 Å². The van der Waals surface area contributed by atoms with Crippen LogP contribution >= 0.6 is 0 Å². The Labute approximate surface area is 367 Å². The van der Waals surface area contributed by atoms with E-state index in [2.05, 4.69) is 19.2 Å². The summed E-state index contributed by atoms with van der Waals surface area (Å²) >= 11 is 0. The maximum atomic E-state index is 13.1. The molecular weight excluding hydrogens is 763 g/mol. The first-order chi connectivity index (χ1) is 29.2. The van der Waals surface area contributed by atoms with Crippen LogP contribution in [0.4, 0.5) is 0 Å². The van der Waals surface area contributed by atoms with Crippen LogP contribution in [-0.2, 0) is 14.3 Å². The minimum absolute atomic E-state index is 0.267. The highest BCUT2D eigenvalue weighted by atomic mass is 16.7. The molecule has 0 saturated carbocycles. The molecule has 1 rings (SSSR count). The van der Waals surface area contributed by atoms with E-state index in [-0.39, 0.29) is 6.42 Å². The molecule has 358 valence electrons. The molecule has 1 fully saturated rings. The van der Waals surface area contributed by atoms with Gasteiger partial charge in [0.25, 0.3) is 0 Å². The van der Waals surface area contributed by atoms with Gasteiger partial charge in [0.05, 0.1) is 25.4 Å². The summed E-state index contributed by atoms with van der Waals surface area (Å²) in [5.41, 5.74) is 0. The van der Waals surface area contributed by atoms with E-state index in [9.17, 15) is 40.5 Å². The number of amides is 1. The number of hydrogen-bond donors (Lipinski definition) is 8. The Morgan fingerprint density at radius 2 is 0.867 bits per heavy atom. The van der Waals surface area contributed by atoms with Crippen molar-refractivity contribution in [2.24, 2.45) is 0 Å². The van der Waals surface area contributed by atoms with Crippen LogP contribution in [0.25, 0.3) is 0 Å². The predicted molar refractivity (Wildman–Crippen MR) is 243 cm³/mol. The molecule has 0 bridgehead atoms. The molecule has 0 aliphatic carbocycles. The Morgan fingerprint density at radius 1 is 0.517 bits per heavy atom. The summed E-state index contributed by atoms with van der Waals surface area (Å²) in [7, 11) is 0. The maximum absolute atomic E-state index is 13.1. The lowest BCUT2D eigenvalue weighted by Crippen LogP contribution is -2.60. The van der Waals surface area contributed by atoms with Gasteiger partial charge in [-0.3, -0.25) is 4.79 Å². The Morgan fingerprint density at radius 3 is 1.23 bits per heavy atom. The number of nitrogens with one attached hydrogen (secondary N) is 1. The second kappa shape index (κ2) is 39.7. The van der Waals surface area contributed by atoms with Gasteiger partial charge in [-0.05, 0) is 12.8 Å². The zero-order chi connectivity index (χ0) is 44.1. The van der Waals surface area contributed by atoms with Crippen molar-refractivity contribution in [2.75, 3.05) is 13.2 Å². The third-order valence-electron chi connectivity index (χ3n) is 12.7. The second-order valence-corrected chi connectivity index (χ2v) is 18.3. The molecule has 1 aliphatic heterocycles. The van der Waals surface area contributed by atoms with Gasteiger partial charge >= 0.3 is 0 Å². The molecule has 8 N–H and O–H groups in total. The van der Waals surface area contributed by atoms with Gasteiger partial charge in [0.15, 0.2) is 6.29 Å². The number of rotatable bonds is 43. The first kappa shape index (κ1) is 57.1. The molecule has 9 unspecified atom stereocenters. The van der Waals surface area contributed by atoms with Crippen LogP contribution in [-0.4, -0.2) is 110 Å². The molecule has 0 aromatic carbocycles. The van der Waals surface area contributed by atoms with Crippen LogP contribution in [0.3, 0.4) is 0 Å². The lowest BCUT2D eigenvalue weighted by Gasteiger charge is -2.40. The van der Waals surface area contributed by atoms with E-state index in [1.54, 1.807) is 0 Å². The minimum atomic E-state index is -1.66. The quantitative estimate of drug-likeness (QED) is 0.0275. The predicted octanol–water partition coefficient (Wildman–Crippen LogP) is 9.06. The highest BCUT2D eigenvalue weighted by molar-refractivity contribution is 5.80. The molecule has 1 saturated heterocycles. The van der Waals surface area contributed by atoms with Crippen molar-refractivity contribution < 1.29 is 50.0 Å². The lowest BCUT2D eigenvalue weighted by molar-refractivity contribution is -0.303. The fourth-order valence-electron chi connectivity index (χ4n) is 8.44. The van der Waals surface area contributed by atoms with E-state index >= 15 is 0 Å². The first-order valence-corrected chi connectivity index (χ1v) is 25.4. The zero-order valence-corrected chi connectivity index (χ0v) is 38.7. The monoisotopic (exact) mass is 860 g/mol. The lowest BCUT2D eigenvalue weighted by atomic mass is 9.98. The van der Waals surface area contributed by atoms with Gasteiger partial charge in [0.1, 0.15) is 36.6 Å². The summed E-state index contributed by atoms with van der Waals surface area (Å²) in [6.07, 6.45) is 30.1. The van der Waals surface area contributed by atoms with E-state index in [0.717, 1.165) is 38.5 Å². The van der Waals surface area contributed by atoms with E-state index in [1.165, 1.54) is 161 Å². The van der Waals surface area contributed by atoms with Crippen molar-refractivity contribution in [3.8, 4) is 0 Å². The topological polar surface area (TPSA) is 189 Å². The molecular formula is C49H97NO10. The van der Waals surface area contributed by atoms with Crippen LogP contribution in [0.1, 0.15) is 239 Å². The highest BCUT2D eigenvalue weighted by Gasteiger charge is 2.44. The number of carbonyl (C=O) groups excluding carboxylic acids is 1. The van der Waals surface area contributed by atoms with Gasteiger partial charge in [-0.1, -0.05) is 226 Å². The summed E-state index contributed by atoms with van der Waals surface area (Å²) in [5.74, 6) is -0.692. The summed E-state index contributed by atoms with van der Waals surface area (Å²) in [6.45, 7) is 3.46. The molecule has 0 spiro atoms. The Bertz CT molecular complexity index is 944. The van der Waals surface area contributed by atoms with E-state index < -0.39 is 74.2 Å². The first-order valence-electron chi connectivity index (χ1n) is 25.4. The SMILES string of the molecule is CCCCCCCCCCCCCCCCCCCCCCCC(O)C(=O)NC(COC1OC(CO)C(O)C(O)C1O)C(O)C(O)CCCCCCCCCCCCCC. The molecule has 1 amide bonds. The number of aliphatic hydroxyl groups is 7. The number of hydrogen-bond acceptors (Lipinski definition) is 10. The second-order valence-electron chi connectivity index (χ2n) is 18.3. The van der Waals surface area contributed by atoms with Crippen molar-refractivity contribution in [1.29, 1.82) is 0 Å².